The van der Waals surface area contributed by atoms with E-state index in [1.165, 1.54) is 0 Å². The van der Waals surface area contributed by atoms with Crippen molar-refractivity contribution in [1.29, 1.82) is 0 Å². The Morgan fingerprint density at radius 1 is 1.47 bits per heavy atom. The molecule has 1 rings (SSSR count). The van der Waals surface area contributed by atoms with Crippen LogP contribution in [0.1, 0.15) is 27.2 Å². The lowest BCUT2D eigenvalue weighted by molar-refractivity contribution is -0.143. The predicted molar refractivity (Wildman–Crippen MR) is 59.7 cm³/mol. The van der Waals surface area contributed by atoms with E-state index in [0.29, 0.717) is 12.1 Å². The number of nitrogens with zero attached hydrogens (tertiary/aromatic N) is 1. The minimum Gasteiger partial charge on any atom is -0.372 e. The molecular formula is C11H22N2O2. The Balaban J connectivity index is 2.58. The Bertz CT molecular complexity index is 207. The molecule has 3 atom stereocenters. The third-order valence-electron chi connectivity index (χ3n) is 2.80. The molecule has 88 valence electrons. The fraction of sp³-hybridized carbons (Fsp3) is 0.909. The van der Waals surface area contributed by atoms with E-state index in [2.05, 4.69) is 19.2 Å². The number of ether oxygens (including phenoxy) is 1. The summed E-state index contributed by atoms with van der Waals surface area (Å²) in [6, 6.07) is 0.735. The van der Waals surface area contributed by atoms with E-state index in [-0.39, 0.29) is 12.0 Å². The van der Waals surface area contributed by atoms with Crippen molar-refractivity contribution in [3.63, 3.8) is 0 Å². The zero-order valence-electron chi connectivity index (χ0n) is 10.1. The number of methoxy groups -OCH3 is 1. The molecule has 0 saturated carbocycles. The first-order valence-electron chi connectivity index (χ1n) is 5.66. The predicted octanol–water partition coefficient (Wildman–Crippen LogP) is 0.620. The molecule has 0 radical (unpaired) electrons. The molecule has 0 aromatic heterocycles. The smallest absolute Gasteiger partial charge is 0.251 e. The summed E-state index contributed by atoms with van der Waals surface area (Å²) < 4.78 is 5.17. The lowest BCUT2D eigenvalue weighted by Crippen LogP contribution is -2.57. The Hall–Kier alpha value is -0.610. The van der Waals surface area contributed by atoms with Gasteiger partial charge in [0.15, 0.2) is 0 Å². The average Bonchev–Trinajstić information content (AvgIpc) is 2.18. The number of amides is 1. The van der Waals surface area contributed by atoms with Gasteiger partial charge in [0.05, 0.1) is 0 Å². The van der Waals surface area contributed by atoms with Crippen LogP contribution in [0.5, 0.6) is 0 Å². The van der Waals surface area contributed by atoms with Crippen molar-refractivity contribution in [2.45, 2.75) is 45.4 Å². The van der Waals surface area contributed by atoms with Crippen LogP contribution in [0.2, 0.25) is 0 Å². The molecule has 0 bridgehead atoms. The molecule has 4 nitrogen and oxygen atoms in total. The van der Waals surface area contributed by atoms with Gasteiger partial charge in [-0.05, 0) is 20.3 Å². The summed E-state index contributed by atoms with van der Waals surface area (Å²) in [5.41, 5.74) is 0. The van der Waals surface area contributed by atoms with Gasteiger partial charge in [-0.3, -0.25) is 4.79 Å². The van der Waals surface area contributed by atoms with E-state index in [1.54, 1.807) is 7.11 Å². The average molecular weight is 214 g/mol. The maximum Gasteiger partial charge on any atom is 0.251 e. The van der Waals surface area contributed by atoms with Gasteiger partial charge >= 0.3 is 0 Å². The third-order valence-corrected chi connectivity index (χ3v) is 2.80. The van der Waals surface area contributed by atoms with Gasteiger partial charge < -0.3 is 15.0 Å². The lowest BCUT2D eigenvalue weighted by atomic mass is 10.1. The minimum absolute atomic E-state index is 0.125. The highest BCUT2D eigenvalue weighted by molar-refractivity contribution is 5.81. The molecule has 0 aromatic rings. The van der Waals surface area contributed by atoms with Crippen LogP contribution >= 0.6 is 0 Å². The van der Waals surface area contributed by atoms with Crippen molar-refractivity contribution in [2.75, 3.05) is 20.2 Å². The molecule has 0 aliphatic carbocycles. The number of nitrogens with one attached hydrogen (secondary N) is 1. The highest BCUT2D eigenvalue weighted by Gasteiger charge is 2.28. The van der Waals surface area contributed by atoms with E-state index in [1.807, 2.05) is 11.8 Å². The second kappa shape index (κ2) is 5.47. The van der Waals surface area contributed by atoms with Crippen molar-refractivity contribution in [3.8, 4) is 0 Å². The summed E-state index contributed by atoms with van der Waals surface area (Å²) in [6.45, 7) is 7.74. The minimum atomic E-state index is -0.275. The molecule has 1 aliphatic heterocycles. The number of rotatable bonds is 3. The number of hydrogen-bond acceptors (Lipinski definition) is 3. The van der Waals surface area contributed by atoms with Crippen molar-refractivity contribution >= 4 is 5.91 Å². The van der Waals surface area contributed by atoms with Crippen molar-refractivity contribution < 1.29 is 9.53 Å². The first kappa shape index (κ1) is 12.5. The number of hydrogen-bond donors (Lipinski definition) is 1. The summed E-state index contributed by atoms with van der Waals surface area (Å²) in [7, 11) is 1.60. The molecule has 3 unspecified atom stereocenters. The molecule has 4 heteroatoms. The van der Waals surface area contributed by atoms with Crippen molar-refractivity contribution in [3.05, 3.63) is 0 Å². The third kappa shape index (κ3) is 3.18. The second-order valence-electron chi connectivity index (χ2n) is 4.34. The molecule has 0 aromatic carbocycles. The summed E-state index contributed by atoms with van der Waals surface area (Å²) in [6.07, 6.45) is 0.463. The largest absolute Gasteiger partial charge is 0.372 e. The van der Waals surface area contributed by atoms with Gasteiger partial charge in [0.2, 0.25) is 0 Å². The van der Waals surface area contributed by atoms with E-state index >= 15 is 0 Å². The quantitative estimate of drug-likeness (QED) is 0.749. The van der Waals surface area contributed by atoms with Gasteiger partial charge in [0.25, 0.3) is 5.91 Å². The van der Waals surface area contributed by atoms with E-state index in [0.717, 1.165) is 19.5 Å². The zero-order chi connectivity index (χ0) is 11.4. The first-order valence-corrected chi connectivity index (χ1v) is 5.66. The fourth-order valence-electron chi connectivity index (χ4n) is 2.15. The molecule has 1 aliphatic rings. The Morgan fingerprint density at radius 3 is 2.40 bits per heavy atom. The summed E-state index contributed by atoms with van der Waals surface area (Å²) in [5.74, 6) is 0.125. The van der Waals surface area contributed by atoms with Crippen LogP contribution in [0, 0.1) is 0 Å². The summed E-state index contributed by atoms with van der Waals surface area (Å²) >= 11 is 0. The lowest BCUT2D eigenvalue weighted by Gasteiger charge is -2.37. The Kier molecular flexibility index (Phi) is 4.54. The van der Waals surface area contributed by atoms with Crippen molar-refractivity contribution in [1.82, 2.24) is 10.2 Å². The van der Waals surface area contributed by atoms with Crippen LogP contribution in [0.25, 0.3) is 0 Å². The van der Waals surface area contributed by atoms with Crippen LogP contribution in [-0.2, 0) is 9.53 Å². The molecule has 1 heterocycles. The maximum atomic E-state index is 12.0. The molecule has 0 spiro atoms. The summed E-state index contributed by atoms with van der Waals surface area (Å²) in [4.78, 5) is 13.9. The van der Waals surface area contributed by atoms with E-state index in [4.69, 9.17) is 4.74 Å². The number of carbonyl (C=O) groups excluding carboxylic acids is 1. The van der Waals surface area contributed by atoms with Gasteiger partial charge in [-0.25, -0.2) is 0 Å². The van der Waals surface area contributed by atoms with Gasteiger partial charge in [-0.15, -0.1) is 0 Å². The zero-order valence-corrected chi connectivity index (χ0v) is 10.1. The van der Waals surface area contributed by atoms with Gasteiger partial charge in [0.1, 0.15) is 6.10 Å². The van der Waals surface area contributed by atoms with E-state index < -0.39 is 0 Å². The van der Waals surface area contributed by atoms with Crippen LogP contribution in [-0.4, -0.2) is 49.2 Å². The van der Waals surface area contributed by atoms with Crippen molar-refractivity contribution in [2.24, 2.45) is 0 Å². The van der Waals surface area contributed by atoms with Gasteiger partial charge in [0, 0.05) is 32.3 Å². The molecular weight excluding hydrogens is 192 g/mol. The molecule has 1 N–H and O–H groups in total. The molecule has 1 amide bonds. The van der Waals surface area contributed by atoms with E-state index in [9.17, 15) is 4.79 Å². The molecule has 1 saturated heterocycles. The maximum absolute atomic E-state index is 12.0. The first-order chi connectivity index (χ1) is 7.08. The number of carbonyl (C=O) groups is 1. The molecule has 15 heavy (non-hydrogen) atoms. The van der Waals surface area contributed by atoms with Crippen LogP contribution in [0.15, 0.2) is 0 Å². The monoisotopic (exact) mass is 214 g/mol. The number of piperazine rings is 1. The second-order valence-corrected chi connectivity index (χ2v) is 4.34. The highest BCUT2D eigenvalue weighted by atomic mass is 16.5. The fourth-order valence-corrected chi connectivity index (χ4v) is 2.15. The topological polar surface area (TPSA) is 41.6 Å². The van der Waals surface area contributed by atoms with Crippen LogP contribution < -0.4 is 5.32 Å². The normalized spacial score (nSPS) is 28.9. The summed E-state index contributed by atoms with van der Waals surface area (Å²) in [5, 5.41) is 3.40. The standard InChI is InChI=1S/C11H22N2O2/c1-5-10(15-4)11(14)13-6-8(2)12-9(3)7-13/h8-10,12H,5-7H2,1-4H3. The Labute approximate surface area is 92.0 Å². The molecule has 1 fully saturated rings. The van der Waals surface area contributed by atoms with Gasteiger partial charge in [-0.2, -0.15) is 0 Å². The Morgan fingerprint density at radius 2 is 2.00 bits per heavy atom. The highest BCUT2D eigenvalue weighted by Crippen LogP contribution is 2.09. The van der Waals surface area contributed by atoms with Gasteiger partial charge in [-0.1, -0.05) is 6.92 Å². The van der Waals surface area contributed by atoms with Crippen LogP contribution in [0.4, 0.5) is 0 Å². The van der Waals surface area contributed by atoms with Crippen LogP contribution in [0.3, 0.4) is 0 Å². The SMILES string of the molecule is CCC(OC)C(=O)N1CC(C)NC(C)C1.